The maximum atomic E-state index is 13.1. The van der Waals surface area contributed by atoms with Gasteiger partial charge in [0.05, 0.1) is 13.7 Å². The highest BCUT2D eigenvalue weighted by molar-refractivity contribution is 6.08. The molecule has 6 nitrogen and oxygen atoms in total. The molecule has 1 aromatic carbocycles. The van der Waals surface area contributed by atoms with Crippen LogP contribution in [0.4, 0.5) is 0 Å². The van der Waals surface area contributed by atoms with E-state index in [1.54, 1.807) is 27.9 Å². The Morgan fingerprint density at radius 3 is 2.24 bits per heavy atom. The van der Waals surface area contributed by atoms with Crippen molar-refractivity contribution in [1.82, 2.24) is 5.06 Å². The molecule has 2 rings (SSSR count). The number of rotatable bonds is 6. The zero-order chi connectivity index (χ0) is 18.8. The molecule has 0 N–H and O–H groups in total. The van der Waals surface area contributed by atoms with Crippen LogP contribution in [0.15, 0.2) is 30.3 Å². The molecule has 1 fully saturated rings. The van der Waals surface area contributed by atoms with Crippen molar-refractivity contribution in [2.45, 2.75) is 32.3 Å². The van der Waals surface area contributed by atoms with E-state index in [0.717, 1.165) is 10.6 Å². The fourth-order valence-corrected chi connectivity index (χ4v) is 3.39. The van der Waals surface area contributed by atoms with Crippen LogP contribution in [0.5, 0.6) is 0 Å². The number of nitrogens with zero attached hydrogens (tertiary/aromatic N) is 1. The molecule has 1 aliphatic carbocycles. The molecule has 0 saturated heterocycles. The third kappa shape index (κ3) is 3.55. The van der Waals surface area contributed by atoms with Gasteiger partial charge in [0.1, 0.15) is 5.60 Å². The van der Waals surface area contributed by atoms with E-state index in [1.165, 1.54) is 14.2 Å². The number of esters is 1. The lowest BCUT2D eigenvalue weighted by molar-refractivity contribution is -0.186. The SMILES string of the molecule is COCC1[C@H](c2ccccc2)C1(C(=O)OC(C)(C)C)C(=O)N(C)OC. The summed E-state index contributed by atoms with van der Waals surface area (Å²) >= 11 is 0. The summed E-state index contributed by atoms with van der Waals surface area (Å²) < 4.78 is 10.9. The molecule has 6 heteroatoms. The fraction of sp³-hybridized carbons (Fsp3) is 0.579. The summed E-state index contributed by atoms with van der Waals surface area (Å²) in [5.74, 6) is -1.57. The quantitative estimate of drug-likeness (QED) is 0.448. The standard InChI is InChI=1S/C19H27NO5/c1-18(2,3)25-17(22)19(16(21)20(4)24-6)14(12-23-5)15(19)13-10-8-7-9-11-13/h7-11,14-15H,12H2,1-6H3/t14?,15-,19?/m0/s1. The molecule has 0 heterocycles. The number of methoxy groups -OCH3 is 1. The van der Waals surface area contributed by atoms with Gasteiger partial charge in [-0.3, -0.25) is 14.4 Å². The molecule has 0 bridgehead atoms. The van der Waals surface area contributed by atoms with Crippen LogP contribution in [0, 0.1) is 11.3 Å². The van der Waals surface area contributed by atoms with E-state index < -0.39 is 22.9 Å². The number of hydrogen-bond donors (Lipinski definition) is 0. The van der Waals surface area contributed by atoms with Crippen LogP contribution < -0.4 is 0 Å². The first-order valence-electron chi connectivity index (χ1n) is 8.29. The summed E-state index contributed by atoms with van der Waals surface area (Å²) in [6, 6.07) is 9.51. The van der Waals surface area contributed by atoms with Gasteiger partial charge in [-0.2, -0.15) is 0 Å². The van der Waals surface area contributed by atoms with Crippen LogP contribution in [-0.2, 0) is 23.9 Å². The highest BCUT2D eigenvalue weighted by Gasteiger charge is 2.76. The van der Waals surface area contributed by atoms with E-state index in [0.29, 0.717) is 0 Å². The van der Waals surface area contributed by atoms with Gasteiger partial charge in [-0.1, -0.05) is 30.3 Å². The van der Waals surface area contributed by atoms with Gasteiger partial charge in [0.15, 0.2) is 5.41 Å². The molecule has 1 aromatic rings. The largest absolute Gasteiger partial charge is 0.459 e. The Balaban J connectivity index is 2.50. The fourth-order valence-electron chi connectivity index (χ4n) is 3.39. The highest BCUT2D eigenvalue weighted by Crippen LogP contribution is 2.66. The molecule has 0 aromatic heterocycles. The molecule has 0 radical (unpaired) electrons. The van der Waals surface area contributed by atoms with Crippen molar-refractivity contribution >= 4 is 11.9 Å². The van der Waals surface area contributed by atoms with Crippen molar-refractivity contribution in [2.24, 2.45) is 11.3 Å². The van der Waals surface area contributed by atoms with E-state index in [9.17, 15) is 9.59 Å². The molecule has 1 saturated carbocycles. The van der Waals surface area contributed by atoms with Crippen molar-refractivity contribution in [3.8, 4) is 0 Å². The molecular formula is C19H27NO5. The van der Waals surface area contributed by atoms with Crippen molar-refractivity contribution < 1.29 is 23.9 Å². The Morgan fingerprint density at radius 2 is 1.76 bits per heavy atom. The second kappa shape index (κ2) is 7.14. The number of benzene rings is 1. The molecule has 1 amide bonds. The lowest BCUT2D eigenvalue weighted by Crippen LogP contribution is -2.43. The minimum atomic E-state index is -1.34. The van der Waals surface area contributed by atoms with Gasteiger partial charge in [-0.25, -0.2) is 5.06 Å². The number of amides is 1. The minimum absolute atomic E-state index is 0.280. The third-order valence-electron chi connectivity index (χ3n) is 4.52. The summed E-state index contributed by atoms with van der Waals surface area (Å²) in [6.07, 6.45) is 0. The van der Waals surface area contributed by atoms with E-state index >= 15 is 0 Å². The molecule has 2 unspecified atom stereocenters. The number of hydrogen-bond acceptors (Lipinski definition) is 5. The van der Waals surface area contributed by atoms with Crippen LogP contribution in [-0.4, -0.2) is 50.4 Å². The predicted octanol–water partition coefficient (Wildman–Crippen LogP) is 2.39. The van der Waals surface area contributed by atoms with Gasteiger partial charge >= 0.3 is 5.97 Å². The van der Waals surface area contributed by atoms with Crippen LogP contribution in [0.1, 0.15) is 32.3 Å². The van der Waals surface area contributed by atoms with Crippen LogP contribution >= 0.6 is 0 Å². The average molecular weight is 349 g/mol. The Labute approximate surface area is 149 Å². The Bertz CT molecular complexity index is 624. The van der Waals surface area contributed by atoms with E-state index in [1.807, 2.05) is 30.3 Å². The Kier molecular flexibility index (Phi) is 5.54. The van der Waals surface area contributed by atoms with Gasteiger partial charge in [0, 0.05) is 26.0 Å². The topological polar surface area (TPSA) is 65.1 Å². The first-order valence-corrected chi connectivity index (χ1v) is 8.29. The number of hydroxylamine groups is 2. The summed E-state index contributed by atoms with van der Waals surface area (Å²) in [6.45, 7) is 5.64. The van der Waals surface area contributed by atoms with Gasteiger partial charge in [-0.05, 0) is 26.3 Å². The minimum Gasteiger partial charge on any atom is -0.459 e. The first kappa shape index (κ1) is 19.4. The predicted molar refractivity (Wildman–Crippen MR) is 92.6 cm³/mol. The number of ether oxygens (including phenoxy) is 2. The summed E-state index contributed by atoms with van der Waals surface area (Å²) in [5.41, 5.74) is -1.12. The van der Waals surface area contributed by atoms with Crippen molar-refractivity contribution in [2.75, 3.05) is 27.9 Å². The van der Waals surface area contributed by atoms with Crippen LogP contribution in [0.25, 0.3) is 0 Å². The molecule has 1 aliphatic rings. The Morgan fingerprint density at radius 1 is 1.16 bits per heavy atom. The maximum Gasteiger partial charge on any atom is 0.323 e. The smallest absolute Gasteiger partial charge is 0.323 e. The average Bonchev–Trinajstić information content (AvgIpc) is 3.22. The molecule has 3 atom stereocenters. The zero-order valence-corrected chi connectivity index (χ0v) is 15.7. The monoisotopic (exact) mass is 349 g/mol. The van der Waals surface area contributed by atoms with Gasteiger partial charge in [0.2, 0.25) is 0 Å². The highest BCUT2D eigenvalue weighted by atomic mass is 16.7. The first-order chi connectivity index (χ1) is 11.7. The van der Waals surface area contributed by atoms with Crippen molar-refractivity contribution in [3.63, 3.8) is 0 Å². The molecule has 0 aliphatic heterocycles. The van der Waals surface area contributed by atoms with E-state index in [-0.39, 0.29) is 18.4 Å². The Hall–Kier alpha value is -1.92. The number of carbonyl (C=O) groups excluding carboxylic acids is 2. The lowest BCUT2D eigenvalue weighted by Gasteiger charge is -2.27. The van der Waals surface area contributed by atoms with Crippen molar-refractivity contribution in [3.05, 3.63) is 35.9 Å². The molecule has 138 valence electrons. The molecule has 25 heavy (non-hydrogen) atoms. The second-order valence-electron chi connectivity index (χ2n) is 7.31. The van der Waals surface area contributed by atoms with E-state index in [2.05, 4.69) is 0 Å². The lowest BCUT2D eigenvalue weighted by atomic mass is 9.97. The molecule has 0 spiro atoms. The molecular weight excluding hydrogens is 322 g/mol. The van der Waals surface area contributed by atoms with Gasteiger partial charge < -0.3 is 9.47 Å². The van der Waals surface area contributed by atoms with Gasteiger partial charge in [0.25, 0.3) is 5.91 Å². The normalized spacial score (nSPS) is 25.4. The van der Waals surface area contributed by atoms with Crippen LogP contribution in [0.3, 0.4) is 0 Å². The number of carbonyl (C=O) groups is 2. The summed E-state index contributed by atoms with van der Waals surface area (Å²) in [7, 11) is 4.45. The summed E-state index contributed by atoms with van der Waals surface area (Å²) in [5, 5.41) is 1.09. The van der Waals surface area contributed by atoms with Crippen LogP contribution in [0.2, 0.25) is 0 Å². The van der Waals surface area contributed by atoms with E-state index in [4.69, 9.17) is 14.3 Å². The van der Waals surface area contributed by atoms with Crippen molar-refractivity contribution in [1.29, 1.82) is 0 Å². The second-order valence-corrected chi connectivity index (χ2v) is 7.31. The summed E-state index contributed by atoms with van der Waals surface area (Å²) in [4.78, 5) is 31.3. The third-order valence-corrected chi connectivity index (χ3v) is 4.52. The van der Waals surface area contributed by atoms with Gasteiger partial charge in [-0.15, -0.1) is 0 Å². The zero-order valence-electron chi connectivity index (χ0n) is 15.7. The maximum absolute atomic E-state index is 13.1.